The number of rotatable bonds is 6. The van der Waals surface area contributed by atoms with Gasteiger partial charge in [-0.3, -0.25) is 9.69 Å². The second-order valence-electron chi connectivity index (χ2n) is 6.73. The highest BCUT2D eigenvalue weighted by Crippen LogP contribution is 2.24. The lowest BCUT2D eigenvalue weighted by Gasteiger charge is -2.35. The van der Waals surface area contributed by atoms with Crippen molar-refractivity contribution in [3.8, 4) is 0 Å². The minimum Gasteiger partial charge on any atom is -0.354 e. The molecule has 0 aliphatic carbocycles. The molecule has 2 fully saturated rings. The maximum Gasteiger partial charge on any atom is 0.230 e. The van der Waals surface area contributed by atoms with E-state index in [2.05, 4.69) is 24.1 Å². The van der Waals surface area contributed by atoms with Crippen molar-refractivity contribution in [3.05, 3.63) is 0 Å². The molecule has 0 bridgehead atoms. The Morgan fingerprint density at radius 1 is 1.41 bits per heavy atom. The second-order valence-corrected chi connectivity index (χ2v) is 10.2. The van der Waals surface area contributed by atoms with Crippen molar-refractivity contribution in [2.45, 2.75) is 44.4 Å². The van der Waals surface area contributed by atoms with Gasteiger partial charge in [-0.1, -0.05) is 6.92 Å². The third-order valence-electron chi connectivity index (χ3n) is 4.55. The van der Waals surface area contributed by atoms with E-state index in [0.717, 1.165) is 19.0 Å². The van der Waals surface area contributed by atoms with Crippen LogP contribution in [0.1, 0.15) is 33.1 Å². The number of carbonyl (C=O) groups is 1. The highest BCUT2D eigenvalue weighted by Gasteiger charge is 2.28. The summed E-state index contributed by atoms with van der Waals surface area (Å²) in [4.78, 5) is 14.4. The van der Waals surface area contributed by atoms with Gasteiger partial charge in [-0.05, 0) is 38.6 Å². The fourth-order valence-corrected chi connectivity index (χ4v) is 6.63. The number of piperidine rings is 1. The van der Waals surface area contributed by atoms with E-state index in [1.165, 1.54) is 24.6 Å². The van der Waals surface area contributed by atoms with Gasteiger partial charge in [0, 0.05) is 24.4 Å². The molecule has 2 heterocycles. The van der Waals surface area contributed by atoms with E-state index in [1.54, 1.807) is 0 Å². The van der Waals surface area contributed by atoms with Crippen LogP contribution in [0.15, 0.2) is 0 Å². The van der Waals surface area contributed by atoms with Crippen molar-refractivity contribution in [2.24, 2.45) is 5.92 Å². The predicted molar refractivity (Wildman–Crippen MR) is 92.0 cm³/mol. The smallest absolute Gasteiger partial charge is 0.230 e. The zero-order valence-electron chi connectivity index (χ0n) is 13.6. The van der Waals surface area contributed by atoms with Crippen LogP contribution in [-0.2, 0) is 14.6 Å². The lowest BCUT2D eigenvalue weighted by molar-refractivity contribution is -0.118. The minimum absolute atomic E-state index is 0.0196. The maximum absolute atomic E-state index is 11.9. The highest BCUT2D eigenvalue weighted by molar-refractivity contribution is 8.02. The first-order chi connectivity index (χ1) is 10.4. The molecule has 0 aromatic carbocycles. The van der Waals surface area contributed by atoms with Crippen LogP contribution in [-0.4, -0.2) is 67.4 Å². The molecule has 2 rings (SSSR count). The molecule has 3 atom stereocenters. The summed E-state index contributed by atoms with van der Waals surface area (Å²) in [5.41, 5.74) is 0. The Hall–Kier alpha value is -0.270. The molecule has 0 unspecified atom stereocenters. The first-order valence-electron chi connectivity index (χ1n) is 8.18. The van der Waals surface area contributed by atoms with Gasteiger partial charge in [-0.15, -0.1) is 11.8 Å². The molecular weight excluding hydrogens is 320 g/mol. The van der Waals surface area contributed by atoms with E-state index in [1.807, 2.05) is 0 Å². The van der Waals surface area contributed by atoms with Gasteiger partial charge in [0.15, 0.2) is 9.84 Å². The molecule has 7 heteroatoms. The van der Waals surface area contributed by atoms with Crippen molar-refractivity contribution < 1.29 is 13.2 Å². The molecular formula is C15H28N2O3S2. The van der Waals surface area contributed by atoms with Crippen molar-refractivity contribution in [1.29, 1.82) is 0 Å². The first kappa shape index (κ1) is 18.1. The lowest BCUT2D eigenvalue weighted by Crippen LogP contribution is -2.46. The Kier molecular flexibility index (Phi) is 6.58. The third-order valence-corrected chi connectivity index (χ3v) is 7.83. The van der Waals surface area contributed by atoms with E-state index >= 15 is 0 Å². The molecule has 22 heavy (non-hydrogen) atoms. The summed E-state index contributed by atoms with van der Waals surface area (Å²) in [6.07, 6.45) is 3.23. The summed E-state index contributed by atoms with van der Waals surface area (Å²) in [7, 11) is -2.85. The summed E-state index contributed by atoms with van der Waals surface area (Å²) < 4.78 is 22.8. The number of sulfone groups is 1. The number of hydrogen-bond donors (Lipinski definition) is 1. The predicted octanol–water partition coefficient (Wildman–Crippen LogP) is 1.14. The fourth-order valence-electron chi connectivity index (χ4n) is 3.15. The van der Waals surface area contributed by atoms with Crippen molar-refractivity contribution in [1.82, 2.24) is 10.2 Å². The average Bonchev–Trinajstić information content (AvgIpc) is 2.82. The Bertz CT molecular complexity index is 481. The summed E-state index contributed by atoms with van der Waals surface area (Å²) in [6.45, 7) is 7.36. The zero-order chi connectivity index (χ0) is 16.2. The Morgan fingerprint density at radius 2 is 2.18 bits per heavy atom. The number of amides is 1. The van der Waals surface area contributed by atoms with Gasteiger partial charge in [-0.2, -0.15) is 0 Å². The third kappa shape index (κ3) is 5.74. The van der Waals surface area contributed by atoms with Crippen molar-refractivity contribution in [2.75, 3.05) is 36.9 Å². The normalized spacial score (nSPS) is 30.1. The van der Waals surface area contributed by atoms with E-state index < -0.39 is 9.84 Å². The second kappa shape index (κ2) is 8.02. The van der Waals surface area contributed by atoms with Crippen LogP contribution in [0, 0.1) is 5.92 Å². The van der Waals surface area contributed by atoms with E-state index in [4.69, 9.17) is 0 Å². The Morgan fingerprint density at radius 3 is 2.82 bits per heavy atom. The molecule has 0 saturated carbocycles. The van der Waals surface area contributed by atoms with E-state index in [9.17, 15) is 13.2 Å². The maximum atomic E-state index is 11.9. The molecule has 0 radical (unpaired) electrons. The van der Waals surface area contributed by atoms with Gasteiger partial charge < -0.3 is 5.32 Å². The Labute approximate surface area is 138 Å². The molecule has 5 nitrogen and oxygen atoms in total. The highest BCUT2D eigenvalue weighted by atomic mass is 32.2. The largest absolute Gasteiger partial charge is 0.354 e. The minimum atomic E-state index is -2.85. The van der Waals surface area contributed by atoms with Gasteiger partial charge in [0.1, 0.15) is 0 Å². The van der Waals surface area contributed by atoms with Gasteiger partial charge >= 0.3 is 0 Å². The van der Waals surface area contributed by atoms with Gasteiger partial charge in [0.25, 0.3) is 0 Å². The average molecular weight is 349 g/mol. The van der Waals surface area contributed by atoms with Crippen LogP contribution in [0.2, 0.25) is 0 Å². The van der Waals surface area contributed by atoms with Crippen molar-refractivity contribution in [3.63, 3.8) is 0 Å². The van der Waals surface area contributed by atoms with Crippen LogP contribution >= 0.6 is 11.8 Å². The number of hydrogen-bond acceptors (Lipinski definition) is 5. The van der Waals surface area contributed by atoms with E-state index in [-0.39, 0.29) is 22.7 Å². The number of carbonyl (C=O) groups excluding carboxylic acids is 1. The standard InChI is InChI=1S/C15H28N2O3S2/c1-12-4-3-6-17(9-12)13(2)8-16-15(18)10-21-14-5-7-22(19,20)11-14/h12-14H,3-11H2,1-2H3,(H,16,18)/t12-,13-,14-/m1/s1. The molecule has 1 amide bonds. The molecule has 2 aliphatic rings. The fraction of sp³-hybridized carbons (Fsp3) is 0.933. The van der Waals surface area contributed by atoms with Crippen LogP contribution in [0.5, 0.6) is 0 Å². The van der Waals surface area contributed by atoms with Crippen LogP contribution in [0.3, 0.4) is 0 Å². The number of nitrogens with one attached hydrogen (secondary N) is 1. The Balaban J connectivity index is 1.63. The summed E-state index contributed by atoms with van der Waals surface area (Å²) in [5, 5.41) is 3.08. The topological polar surface area (TPSA) is 66.5 Å². The van der Waals surface area contributed by atoms with Crippen molar-refractivity contribution >= 4 is 27.5 Å². The first-order valence-corrected chi connectivity index (χ1v) is 11.1. The number of thioether (sulfide) groups is 1. The van der Waals surface area contributed by atoms with Crippen LogP contribution in [0.25, 0.3) is 0 Å². The van der Waals surface area contributed by atoms with Crippen LogP contribution in [0.4, 0.5) is 0 Å². The summed E-state index contributed by atoms with van der Waals surface area (Å²) in [5.74, 6) is 1.63. The molecule has 0 spiro atoms. The molecule has 0 aromatic heterocycles. The zero-order valence-corrected chi connectivity index (χ0v) is 15.2. The number of nitrogens with zero attached hydrogens (tertiary/aromatic N) is 1. The molecule has 2 aliphatic heterocycles. The van der Waals surface area contributed by atoms with Crippen LogP contribution < -0.4 is 5.32 Å². The quantitative estimate of drug-likeness (QED) is 0.780. The lowest BCUT2D eigenvalue weighted by atomic mass is 9.99. The van der Waals surface area contributed by atoms with E-state index in [0.29, 0.717) is 24.8 Å². The monoisotopic (exact) mass is 348 g/mol. The molecule has 128 valence electrons. The number of likely N-dealkylation sites (tertiary alicyclic amines) is 1. The summed E-state index contributed by atoms with van der Waals surface area (Å²) in [6, 6.07) is 0.364. The molecule has 0 aromatic rings. The van der Waals surface area contributed by atoms with Gasteiger partial charge in [0.05, 0.1) is 17.3 Å². The van der Waals surface area contributed by atoms with Gasteiger partial charge in [-0.25, -0.2) is 8.42 Å². The SMILES string of the molecule is C[C@@H]1CCCN([C@H](C)CNC(=O)CS[C@@H]2CCS(=O)(=O)C2)C1. The van der Waals surface area contributed by atoms with Gasteiger partial charge in [0.2, 0.25) is 5.91 Å². The molecule has 1 N–H and O–H groups in total. The molecule has 2 saturated heterocycles. The summed E-state index contributed by atoms with van der Waals surface area (Å²) >= 11 is 1.48.